The summed E-state index contributed by atoms with van der Waals surface area (Å²) in [6, 6.07) is 0. The molecule has 0 aromatic rings. The maximum absolute atomic E-state index is 9.49. The molecular formula is C7H15KO2PS2. The van der Waals surface area contributed by atoms with Gasteiger partial charge in [-0.25, -0.2) is 0 Å². The first-order valence-corrected chi connectivity index (χ1v) is 8.11. The average Bonchev–Trinajstić information content (AvgIpc) is 2.01. The van der Waals surface area contributed by atoms with E-state index in [-0.39, 0.29) is 51.4 Å². The Bertz CT molecular complexity index is 178. The van der Waals surface area contributed by atoms with Crippen molar-refractivity contribution in [3.8, 4) is 0 Å². The molecule has 0 spiro atoms. The molecule has 1 radical (unpaired) electrons. The van der Waals surface area contributed by atoms with Gasteiger partial charge in [-0.3, -0.25) is 0 Å². The van der Waals surface area contributed by atoms with Crippen molar-refractivity contribution in [1.82, 2.24) is 0 Å². The van der Waals surface area contributed by atoms with Gasteiger partial charge in [0.1, 0.15) is 0 Å². The summed E-state index contributed by atoms with van der Waals surface area (Å²) in [5.74, 6) is 0.653. The summed E-state index contributed by atoms with van der Waals surface area (Å²) in [6.45, 7) is 6.18. The smallest absolute Gasteiger partial charge is 0.245 e. The molecule has 73 valence electrons. The Morgan fingerprint density at radius 2 is 2.31 bits per heavy atom. The van der Waals surface area contributed by atoms with Crippen molar-refractivity contribution in [3.63, 3.8) is 0 Å². The van der Waals surface area contributed by atoms with Crippen molar-refractivity contribution in [2.75, 3.05) is 12.4 Å². The molecule has 0 bridgehead atoms. The molecule has 0 aliphatic rings. The topological polar surface area (TPSA) is 29.5 Å². The fourth-order valence-corrected chi connectivity index (χ4v) is 3.34. The van der Waals surface area contributed by atoms with Gasteiger partial charge in [-0.05, 0) is 18.2 Å². The third kappa shape index (κ3) is 12.2. The van der Waals surface area contributed by atoms with E-state index in [1.165, 1.54) is 11.4 Å². The van der Waals surface area contributed by atoms with Crippen LogP contribution < -0.4 is 0 Å². The quantitative estimate of drug-likeness (QED) is 0.331. The van der Waals surface area contributed by atoms with E-state index < -0.39 is 5.69 Å². The molecule has 6 heteroatoms. The van der Waals surface area contributed by atoms with Crippen LogP contribution >= 0.6 is 17.1 Å². The largest absolute Gasteiger partial charge is 0.337 e. The number of hydrogen-bond acceptors (Lipinski definition) is 3. The summed E-state index contributed by atoms with van der Waals surface area (Å²) >= 11 is 6.15. The monoisotopic (exact) mass is 265 g/mol. The molecule has 0 aliphatic carbocycles. The van der Waals surface area contributed by atoms with E-state index in [9.17, 15) is 4.89 Å². The van der Waals surface area contributed by atoms with Crippen LogP contribution in [0.1, 0.15) is 19.8 Å². The van der Waals surface area contributed by atoms with Gasteiger partial charge in [-0.1, -0.05) is 30.8 Å². The third-order valence-corrected chi connectivity index (χ3v) is 5.33. The van der Waals surface area contributed by atoms with E-state index in [1.54, 1.807) is 6.08 Å². The summed E-state index contributed by atoms with van der Waals surface area (Å²) in [7, 11) is 0. The fraction of sp³-hybridized carbons (Fsp3) is 0.714. The Balaban J connectivity index is 0. The minimum Gasteiger partial charge on any atom is -0.337 e. The predicted molar refractivity (Wildman–Crippen MR) is 65.8 cm³/mol. The molecule has 0 heterocycles. The Morgan fingerprint density at radius 1 is 1.69 bits per heavy atom. The predicted octanol–water partition coefficient (Wildman–Crippen LogP) is 2.56. The van der Waals surface area contributed by atoms with Crippen LogP contribution in [0.2, 0.25) is 0 Å². The van der Waals surface area contributed by atoms with E-state index >= 15 is 0 Å². The van der Waals surface area contributed by atoms with Crippen LogP contribution in [0, 0.1) is 0 Å². The van der Waals surface area contributed by atoms with Crippen LogP contribution in [0.25, 0.3) is 0 Å². The van der Waals surface area contributed by atoms with E-state index in [0.717, 1.165) is 12.8 Å². The van der Waals surface area contributed by atoms with Gasteiger partial charge in [0.25, 0.3) is 0 Å². The van der Waals surface area contributed by atoms with Crippen molar-refractivity contribution in [3.05, 3.63) is 12.7 Å². The molecule has 0 amide bonds. The standard InChI is InChI=1S/C7H15O2PS2.K/c1-3-5-6-9-10(8,11)12-7-4-2;/h4H,2-3,5-7H2,1H3,(H,8,11);. The molecule has 0 aliphatic heterocycles. The molecule has 1 N–H and O–H groups in total. The average molecular weight is 265 g/mol. The van der Waals surface area contributed by atoms with Gasteiger partial charge in [0.2, 0.25) is 5.69 Å². The van der Waals surface area contributed by atoms with Crippen molar-refractivity contribution in [2.24, 2.45) is 0 Å². The molecule has 13 heavy (non-hydrogen) atoms. The van der Waals surface area contributed by atoms with Gasteiger partial charge in [0, 0.05) is 57.1 Å². The Labute approximate surface area is 132 Å². The first kappa shape index (κ1) is 17.7. The van der Waals surface area contributed by atoms with Gasteiger partial charge in [0.05, 0.1) is 6.61 Å². The van der Waals surface area contributed by atoms with Crippen molar-refractivity contribution >= 4 is 80.3 Å². The van der Waals surface area contributed by atoms with E-state index in [0.29, 0.717) is 12.4 Å². The molecule has 1 atom stereocenters. The summed E-state index contributed by atoms with van der Waals surface area (Å²) < 4.78 is 5.17. The van der Waals surface area contributed by atoms with Crippen LogP contribution in [-0.4, -0.2) is 68.6 Å². The van der Waals surface area contributed by atoms with E-state index in [4.69, 9.17) is 16.3 Å². The van der Waals surface area contributed by atoms with Gasteiger partial charge in [-0.15, -0.1) is 6.58 Å². The zero-order valence-corrected chi connectivity index (χ0v) is 13.9. The maximum atomic E-state index is 9.49. The second-order valence-electron chi connectivity index (χ2n) is 2.24. The SMILES string of the molecule is C=CCSP(O)(=S)OCCCC.[K]. The zero-order chi connectivity index (χ0) is 9.45. The molecule has 0 saturated carbocycles. The second kappa shape index (κ2) is 10.8. The minimum absolute atomic E-state index is 0. The normalized spacial score (nSPS) is 14.3. The molecule has 0 saturated heterocycles. The minimum atomic E-state index is -2.56. The van der Waals surface area contributed by atoms with Crippen LogP contribution in [0.3, 0.4) is 0 Å². The van der Waals surface area contributed by atoms with E-state index in [1.807, 2.05) is 0 Å². The Kier molecular flexibility index (Phi) is 14.7. The van der Waals surface area contributed by atoms with Crippen molar-refractivity contribution in [1.29, 1.82) is 0 Å². The maximum Gasteiger partial charge on any atom is 0.245 e. The number of hydrogen-bond donors (Lipinski definition) is 1. The first-order valence-electron chi connectivity index (χ1n) is 3.85. The number of unbranched alkanes of at least 4 members (excludes halogenated alkanes) is 1. The van der Waals surface area contributed by atoms with Crippen LogP contribution in [0.15, 0.2) is 12.7 Å². The number of rotatable bonds is 7. The van der Waals surface area contributed by atoms with Crippen molar-refractivity contribution < 1.29 is 9.42 Å². The first-order chi connectivity index (χ1) is 5.62. The third-order valence-electron chi connectivity index (χ3n) is 1.11. The molecular weight excluding hydrogens is 250 g/mol. The second-order valence-corrected chi connectivity index (χ2v) is 8.46. The van der Waals surface area contributed by atoms with E-state index in [2.05, 4.69) is 13.5 Å². The molecule has 2 nitrogen and oxygen atoms in total. The summed E-state index contributed by atoms with van der Waals surface area (Å²) in [5.41, 5.74) is -2.56. The van der Waals surface area contributed by atoms with Crippen LogP contribution in [-0.2, 0) is 16.3 Å². The van der Waals surface area contributed by atoms with Crippen molar-refractivity contribution in [2.45, 2.75) is 19.8 Å². The molecule has 1 unspecified atom stereocenters. The summed E-state index contributed by atoms with van der Waals surface area (Å²) in [5, 5.41) is 0. The van der Waals surface area contributed by atoms with Gasteiger partial charge in [0.15, 0.2) is 0 Å². The van der Waals surface area contributed by atoms with Gasteiger partial charge >= 0.3 is 0 Å². The molecule has 0 aromatic carbocycles. The molecule has 0 aromatic heterocycles. The Hall–Kier alpha value is 2.30. The summed E-state index contributed by atoms with van der Waals surface area (Å²) in [4.78, 5) is 9.49. The fourth-order valence-electron chi connectivity index (χ4n) is 0.508. The van der Waals surface area contributed by atoms with Gasteiger partial charge in [-0.2, -0.15) is 0 Å². The van der Waals surface area contributed by atoms with Gasteiger partial charge < -0.3 is 9.42 Å². The Morgan fingerprint density at radius 3 is 2.77 bits per heavy atom. The van der Waals surface area contributed by atoms with Crippen LogP contribution in [0.4, 0.5) is 0 Å². The van der Waals surface area contributed by atoms with Crippen LogP contribution in [0.5, 0.6) is 0 Å². The summed E-state index contributed by atoms with van der Waals surface area (Å²) in [6.07, 6.45) is 3.72. The molecule has 0 rings (SSSR count). The molecule has 0 fully saturated rings. The zero-order valence-electron chi connectivity index (χ0n) is 8.23.